The number of hydrazine groups is 1. The lowest BCUT2D eigenvalue weighted by Crippen LogP contribution is -2.51. The maximum absolute atomic E-state index is 11.2. The first kappa shape index (κ1) is 13.5. The summed E-state index contributed by atoms with van der Waals surface area (Å²) in [6.07, 6.45) is 0.770. The van der Waals surface area contributed by atoms with Crippen LogP contribution in [0.25, 0.3) is 0 Å². The Labute approximate surface area is 104 Å². The van der Waals surface area contributed by atoms with Gasteiger partial charge in [-0.1, -0.05) is 6.07 Å². The van der Waals surface area contributed by atoms with E-state index in [0.29, 0.717) is 6.54 Å². The molecule has 0 aromatic carbocycles. The molecule has 1 aromatic rings. The molecule has 5 N–H and O–H groups in total. The third kappa shape index (κ3) is 5.32. The number of thiophene rings is 1. The van der Waals surface area contributed by atoms with Gasteiger partial charge in [0, 0.05) is 11.4 Å². The van der Waals surface area contributed by atoms with E-state index in [2.05, 4.69) is 16.2 Å². The van der Waals surface area contributed by atoms with E-state index in [0.717, 1.165) is 6.42 Å². The lowest BCUT2D eigenvalue weighted by atomic mass is 10.3. The largest absolute Gasteiger partial charge is 0.336 e. The van der Waals surface area contributed by atoms with Crippen LogP contribution >= 0.6 is 11.3 Å². The minimum Gasteiger partial charge on any atom is -0.336 e. The molecule has 0 aliphatic rings. The second kappa shape index (κ2) is 6.87. The van der Waals surface area contributed by atoms with Crippen LogP contribution in [0.4, 0.5) is 4.79 Å². The van der Waals surface area contributed by atoms with Gasteiger partial charge < -0.3 is 11.1 Å². The Hall–Kier alpha value is -1.60. The smallest absolute Gasteiger partial charge is 0.333 e. The topological polar surface area (TPSA) is 96.2 Å². The highest BCUT2D eigenvalue weighted by Gasteiger charge is 2.07. The van der Waals surface area contributed by atoms with Gasteiger partial charge in [-0.15, -0.1) is 11.3 Å². The van der Waals surface area contributed by atoms with E-state index in [1.165, 1.54) is 11.8 Å². The van der Waals surface area contributed by atoms with Gasteiger partial charge in [-0.25, -0.2) is 10.2 Å². The number of nitrogens with one attached hydrogen (secondary N) is 3. The summed E-state index contributed by atoms with van der Waals surface area (Å²) in [4.78, 5) is 23.5. The average molecular weight is 256 g/mol. The van der Waals surface area contributed by atoms with Crippen molar-refractivity contribution in [1.29, 1.82) is 0 Å². The van der Waals surface area contributed by atoms with Crippen LogP contribution in [0.15, 0.2) is 17.5 Å². The van der Waals surface area contributed by atoms with E-state index in [4.69, 9.17) is 5.73 Å². The average Bonchev–Trinajstić information content (AvgIpc) is 2.78. The second-order valence-corrected chi connectivity index (χ2v) is 4.52. The van der Waals surface area contributed by atoms with Gasteiger partial charge in [-0.3, -0.25) is 10.2 Å². The number of carbonyl (C=O) groups is 2. The van der Waals surface area contributed by atoms with E-state index in [1.807, 2.05) is 17.5 Å². The lowest BCUT2D eigenvalue weighted by molar-refractivity contribution is -0.122. The van der Waals surface area contributed by atoms with Gasteiger partial charge in [-0.2, -0.15) is 0 Å². The lowest BCUT2D eigenvalue weighted by Gasteiger charge is -2.09. The van der Waals surface area contributed by atoms with Crippen molar-refractivity contribution in [3.8, 4) is 0 Å². The van der Waals surface area contributed by atoms with Crippen molar-refractivity contribution in [2.75, 3.05) is 6.54 Å². The SMILES string of the molecule is C[C@H](N)C(=O)NNC(=O)NCCc1cccs1. The number of carbonyl (C=O) groups excluding carboxylic acids is 2. The summed E-state index contributed by atoms with van der Waals surface area (Å²) < 4.78 is 0. The predicted octanol–water partition coefficient (Wildman–Crippen LogP) is -0.0318. The molecule has 94 valence electrons. The molecule has 1 aromatic heterocycles. The fourth-order valence-electron chi connectivity index (χ4n) is 1.03. The number of hydrogen-bond acceptors (Lipinski definition) is 4. The van der Waals surface area contributed by atoms with Gasteiger partial charge in [0.2, 0.25) is 0 Å². The van der Waals surface area contributed by atoms with Crippen molar-refractivity contribution in [3.63, 3.8) is 0 Å². The molecule has 0 fully saturated rings. The summed E-state index contributed by atoms with van der Waals surface area (Å²) in [6.45, 7) is 2.05. The van der Waals surface area contributed by atoms with Crippen LogP contribution in [0, 0.1) is 0 Å². The van der Waals surface area contributed by atoms with Crippen LogP contribution in [-0.4, -0.2) is 24.5 Å². The van der Waals surface area contributed by atoms with Crippen LogP contribution in [0.5, 0.6) is 0 Å². The quantitative estimate of drug-likeness (QED) is 0.569. The third-order valence-corrected chi connectivity index (χ3v) is 2.89. The molecule has 0 unspecified atom stereocenters. The Morgan fingerprint density at radius 2 is 2.24 bits per heavy atom. The third-order valence-electron chi connectivity index (χ3n) is 1.95. The van der Waals surface area contributed by atoms with E-state index < -0.39 is 18.0 Å². The molecule has 0 aliphatic carbocycles. The fraction of sp³-hybridized carbons (Fsp3) is 0.400. The van der Waals surface area contributed by atoms with Crippen LogP contribution in [0.2, 0.25) is 0 Å². The molecule has 6 nitrogen and oxygen atoms in total. The van der Waals surface area contributed by atoms with Crippen molar-refractivity contribution < 1.29 is 9.59 Å². The van der Waals surface area contributed by atoms with E-state index >= 15 is 0 Å². The summed E-state index contributed by atoms with van der Waals surface area (Å²) in [5.41, 5.74) is 9.72. The number of nitrogens with two attached hydrogens (primary N) is 1. The van der Waals surface area contributed by atoms with Crippen molar-refractivity contribution in [1.82, 2.24) is 16.2 Å². The Balaban J connectivity index is 2.11. The molecule has 0 radical (unpaired) electrons. The van der Waals surface area contributed by atoms with Crippen LogP contribution in [0.1, 0.15) is 11.8 Å². The molecule has 1 rings (SSSR count). The molecule has 0 spiro atoms. The molecular formula is C10H16N4O2S. The maximum atomic E-state index is 11.2. The van der Waals surface area contributed by atoms with Gasteiger partial charge in [0.1, 0.15) is 0 Å². The molecule has 0 saturated heterocycles. The van der Waals surface area contributed by atoms with Crippen LogP contribution in [0.3, 0.4) is 0 Å². The summed E-state index contributed by atoms with van der Waals surface area (Å²) in [7, 11) is 0. The molecule has 0 aliphatic heterocycles. The van der Waals surface area contributed by atoms with Crippen LogP contribution in [-0.2, 0) is 11.2 Å². The molecule has 0 saturated carbocycles. The minimum absolute atomic E-state index is 0.432. The zero-order valence-corrected chi connectivity index (χ0v) is 10.3. The Morgan fingerprint density at radius 3 is 2.82 bits per heavy atom. The van der Waals surface area contributed by atoms with Gasteiger partial charge in [0.05, 0.1) is 6.04 Å². The van der Waals surface area contributed by atoms with Crippen molar-refractivity contribution in [2.24, 2.45) is 5.73 Å². The van der Waals surface area contributed by atoms with E-state index in [1.54, 1.807) is 11.3 Å². The van der Waals surface area contributed by atoms with Gasteiger partial charge in [0.15, 0.2) is 0 Å². The van der Waals surface area contributed by atoms with Crippen molar-refractivity contribution in [2.45, 2.75) is 19.4 Å². The van der Waals surface area contributed by atoms with Gasteiger partial charge in [0.25, 0.3) is 5.91 Å². The minimum atomic E-state index is -0.651. The molecule has 1 atom stereocenters. The standard InChI is InChI=1S/C10H16N4O2S/c1-7(11)9(15)13-14-10(16)12-5-4-8-3-2-6-17-8/h2-3,6-7H,4-5,11H2,1H3,(H,13,15)(H2,12,14,16)/t7-/m0/s1. The number of amides is 3. The monoisotopic (exact) mass is 256 g/mol. The Morgan fingerprint density at radius 1 is 1.47 bits per heavy atom. The summed E-state index contributed by atoms with van der Waals surface area (Å²) in [6, 6.07) is 2.86. The molecule has 0 bridgehead atoms. The number of rotatable bonds is 4. The number of hydrogen-bond donors (Lipinski definition) is 4. The summed E-state index contributed by atoms with van der Waals surface area (Å²) in [5, 5.41) is 4.60. The van der Waals surface area contributed by atoms with Gasteiger partial charge in [-0.05, 0) is 24.8 Å². The Bertz CT molecular complexity index is 364. The molecule has 3 amide bonds. The van der Waals surface area contributed by atoms with Gasteiger partial charge >= 0.3 is 6.03 Å². The first-order valence-electron chi connectivity index (χ1n) is 5.21. The predicted molar refractivity (Wildman–Crippen MR) is 66.3 cm³/mol. The molecule has 1 heterocycles. The van der Waals surface area contributed by atoms with Crippen LogP contribution < -0.4 is 21.9 Å². The van der Waals surface area contributed by atoms with E-state index in [-0.39, 0.29) is 0 Å². The van der Waals surface area contributed by atoms with E-state index in [9.17, 15) is 9.59 Å². The summed E-state index contributed by atoms with van der Waals surface area (Å²) >= 11 is 1.64. The van der Waals surface area contributed by atoms with Crippen molar-refractivity contribution in [3.05, 3.63) is 22.4 Å². The number of urea groups is 1. The second-order valence-electron chi connectivity index (χ2n) is 3.49. The highest BCUT2D eigenvalue weighted by atomic mass is 32.1. The zero-order chi connectivity index (χ0) is 12.7. The highest BCUT2D eigenvalue weighted by Crippen LogP contribution is 2.07. The fourth-order valence-corrected chi connectivity index (χ4v) is 1.74. The zero-order valence-electron chi connectivity index (χ0n) is 9.53. The normalized spacial score (nSPS) is 11.6. The first-order chi connectivity index (χ1) is 8.09. The molecular weight excluding hydrogens is 240 g/mol. The Kier molecular flexibility index (Phi) is 5.44. The highest BCUT2D eigenvalue weighted by molar-refractivity contribution is 7.09. The molecule has 17 heavy (non-hydrogen) atoms. The molecule has 7 heteroatoms. The summed E-state index contributed by atoms with van der Waals surface area (Å²) in [5.74, 6) is -0.432. The van der Waals surface area contributed by atoms with Crippen molar-refractivity contribution >= 4 is 23.3 Å². The maximum Gasteiger partial charge on any atom is 0.333 e. The first-order valence-corrected chi connectivity index (χ1v) is 6.09.